The highest BCUT2D eigenvalue weighted by Gasteiger charge is 2.26. The van der Waals surface area contributed by atoms with Crippen molar-refractivity contribution in [1.82, 2.24) is 0 Å². The Hall–Kier alpha value is -3.57. The van der Waals surface area contributed by atoms with Gasteiger partial charge in [0.25, 0.3) is 5.91 Å². The molecule has 5 heteroatoms. The molecule has 3 aromatic rings. The number of hydrogen-bond donors (Lipinski definition) is 1. The van der Waals surface area contributed by atoms with Gasteiger partial charge in [0.2, 0.25) is 0 Å². The largest absolute Gasteiger partial charge is 0.399 e. The van der Waals surface area contributed by atoms with E-state index in [1.54, 1.807) is 49.4 Å². The van der Waals surface area contributed by atoms with Crippen LogP contribution < -0.4 is 10.6 Å². The second-order valence-corrected chi connectivity index (χ2v) is 7.40. The van der Waals surface area contributed by atoms with E-state index in [0.29, 0.717) is 21.9 Å². The van der Waals surface area contributed by atoms with Gasteiger partial charge in [-0.2, -0.15) is 0 Å². The number of para-hydroxylation sites is 1. The van der Waals surface area contributed by atoms with Crippen molar-refractivity contribution >= 4 is 46.3 Å². The second-order valence-electron chi connectivity index (χ2n) is 6.81. The molecule has 2 N–H and O–H groups in total. The predicted octanol–water partition coefficient (Wildman–Crippen LogP) is 4.84. The first-order valence-corrected chi connectivity index (χ1v) is 9.91. The molecular formula is C25H22N2O2S. The highest BCUT2D eigenvalue weighted by atomic mass is 32.1. The van der Waals surface area contributed by atoms with Gasteiger partial charge >= 0.3 is 0 Å². The number of nitrogen functional groups attached to an aromatic ring is 1. The maximum Gasteiger partial charge on any atom is 0.266 e. The minimum absolute atomic E-state index is 0.0664. The summed E-state index contributed by atoms with van der Waals surface area (Å²) >= 11 is 5.34. The van der Waals surface area contributed by atoms with E-state index >= 15 is 0 Å². The SMILES string of the molecule is CC(=S)N(C(=O)/C(=C/c1ccc(N)cc1)C(=O)Cc1ccccc1)c1ccccc1. The van der Waals surface area contributed by atoms with Crippen LogP contribution in [0.3, 0.4) is 0 Å². The van der Waals surface area contributed by atoms with Gasteiger partial charge in [0.1, 0.15) is 0 Å². The number of nitrogens with two attached hydrogens (primary N) is 1. The molecule has 0 saturated carbocycles. The van der Waals surface area contributed by atoms with E-state index in [0.717, 1.165) is 5.56 Å². The third kappa shape index (κ3) is 5.27. The molecule has 1 amide bonds. The summed E-state index contributed by atoms with van der Waals surface area (Å²) in [5.74, 6) is -0.730. The summed E-state index contributed by atoms with van der Waals surface area (Å²) in [6.07, 6.45) is 1.72. The van der Waals surface area contributed by atoms with Gasteiger partial charge < -0.3 is 5.73 Å². The maximum absolute atomic E-state index is 13.5. The Balaban J connectivity index is 2.03. The van der Waals surface area contributed by atoms with Crippen molar-refractivity contribution in [3.8, 4) is 0 Å². The maximum atomic E-state index is 13.5. The zero-order valence-electron chi connectivity index (χ0n) is 16.6. The lowest BCUT2D eigenvalue weighted by Crippen LogP contribution is -2.37. The highest BCUT2D eigenvalue weighted by Crippen LogP contribution is 2.21. The van der Waals surface area contributed by atoms with Crippen molar-refractivity contribution in [3.63, 3.8) is 0 Å². The number of rotatable bonds is 6. The van der Waals surface area contributed by atoms with Crippen molar-refractivity contribution in [3.05, 3.63) is 102 Å². The molecule has 0 atom stereocenters. The van der Waals surface area contributed by atoms with Crippen LogP contribution in [0.25, 0.3) is 6.08 Å². The van der Waals surface area contributed by atoms with Crippen LogP contribution in [-0.4, -0.2) is 16.7 Å². The molecule has 150 valence electrons. The topological polar surface area (TPSA) is 63.4 Å². The van der Waals surface area contributed by atoms with E-state index in [9.17, 15) is 9.59 Å². The summed E-state index contributed by atoms with van der Waals surface area (Å²) in [7, 11) is 0. The number of benzene rings is 3. The smallest absolute Gasteiger partial charge is 0.266 e. The highest BCUT2D eigenvalue weighted by molar-refractivity contribution is 7.80. The summed E-state index contributed by atoms with van der Waals surface area (Å²) < 4.78 is 0. The van der Waals surface area contributed by atoms with E-state index in [2.05, 4.69) is 0 Å². The molecular weight excluding hydrogens is 392 g/mol. The molecule has 30 heavy (non-hydrogen) atoms. The van der Waals surface area contributed by atoms with Gasteiger partial charge in [-0.1, -0.05) is 72.9 Å². The zero-order chi connectivity index (χ0) is 21.5. The van der Waals surface area contributed by atoms with Crippen LogP contribution in [0.15, 0.2) is 90.5 Å². The van der Waals surface area contributed by atoms with Gasteiger partial charge in [0.15, 0.2) is 5.78 Å². The molecule has 0 unspecified atom stereocenters. The Morgan fingerprint density at radius 3 is 2.03 bits per heavy atom. The Morgan fingerprint density at radius 1 is 0.900 bits per heavy atom. The fourth-order valence-corrected chi connectivity index (χ4v) is 3.22. The van der Waals surface area contributed by atoms with Crippen LogP contribution in [0.2, 0.25) is 0 Å². The van der Waals surface area contributed by atoms with Gasteiger partial charge in [0.05, 0.1) is 10.6 Å². The molecule has 0 aliphatic rings. The first kappa shape index (κ1) is 21.1. The lowest BCUT2D eigenvalue weighted by molar-refractivity contribution is -0.120. The molecule has 4 nitrogen and oxygen atoms in total. The third-order valence-corrected chi connectivity index (χ3v) is 4.70. The van der Waals surface area contributed by atoms with Crippen molar-refractivity contribution in [1.29, 1.82) is 0 Å². The number of amides is 1. The van der Waals surface area contributed by atoms with Crippen LogP contribution in [0.4, 0.5) is 11.4 Å². The van der Waals surface area contributed by atoms with E-state index < -0.39 is 5.91 Å². The predicted molar refractivity (Wildman–Crippen MR) is 126 cm³/mol. The number of Topliss-reactive ketones (excluding diaryl/α,β-unsaturated/α-hetero) is 1. The van der Waals surface area contributed by atoms with Crippen molar-refractivity contribution < 1.29 is 9.59 Å². The molecule has 0 aromatic heterocycles. The second kappa shape index (κ2) is 9.76. The normalized spacial score (nSPS) is 11.0. The summed E-state index contributed by atoms with van der Waals surface area (Å²) in [5.41, 5.74) is 8.60. The summed E-state index contributed by atoms with van der Waals surface area (Å²) in [4.78, 5) is 28.5. The van der Waals surface area contributed by atoms with E-state index in [4.69, 9.17) is 18.0 Å². The molecule has 0 fully saturated rings. The average Bonchev–Trinajstić information content (AvgIpc) is 2.74. The van der Waals surface area contributed by atoms with Crippen molar-refractivity contribution in [2.45, 2.75) is 13.3 Å². The fraction of sp³-hybridized carbons (Fsp3) is 0.0800. The average molecular weight is 415 g/mol. The minimum Gasteiger partial charge on any atom is -0.399 e. The molecule has 0 bridgehead atoms. The molecule has 0 heterocycles. The first-order valence-electron chi connectivity index (χ1n) is 9.50. The number of thiocarbonyl (C=S) groups is 1. The number of anilines is 2. The van der Waals surface area contributed by atoms with Crippen molar-refractivity contribution in [2.75, 3.05) is 10.6 Å². The van der Waals surface area contributed by atoms with Crippen LogP contribution in [0.5, 0.6) is 0 Å². The Bertz CT molecular complexity index is 1080. The van der Waals surface area contributed by atoms with Crippen LogP contribution in [0, 0.1) is 0 Å². The third-order valence-electron chi connectivity index (χ3n) is 4.52. The standard InChI is InChI=1S/C25H22N2O2S/c1-18(30)27(22-10-6-3-7-11-22)25(29)23(16-20-12-14-21(26)15-13-20)24(28)17-19-8-4-2-5-9-19/h2-16H,17,26H2,1H3/b23-16+. The first-order chi connectivity index (χ1) is 14.5. The van der Waals surface area contributed by atoms with Gasteiger partial charge in [-0.05, 0) is 48.4 Å². The molecule has 0 spiro atoms. The molecule has 0 radical (unpaired) electrons. The van der Waals surface area contributed by atoms with Crippen LogP contribution in [0.1, 0.15) is 18.1 Å². The van der Waals surface area contributed by atoms with Crippen LogP contribution >= 0.6 is 12.2 Å². The molecule has 3 rings (SSSR count). The quantitative estimate of drug-likeness (QED) is 0.206. The molecule has 3 aromatic carbocycles. The van der Waals surface area contributed by atoms with E-state index in [1.165, 1.54) is 4.90 Å². The molecule has 0 saturated heterocycles. The van der Waals surface area contributed by atoms with Gasteiger partial charge in [-0.15, -0.1) is 0 Å². The minimum atomic E-state index is -0.452. The monoisotopic (exact) mass is 414 g/mol. The van der Waals surface area contributed by atoms with E-state index in [-0.39, 0.29) is 17.8 Å². The fourth-order valence-electron chi connectivity index (χ4n) is 3.04. The lowest BCUT2D eigenvalue weighted by Gasteiger charge is -2.22. The van der Waals surface area contributed by atoms with Crippen molar-refractivity contribution in [2.24, 2.45) is 0 Å². The Morgan fingerprint density at radius 2 is 1.47 bits per heavy atom. The number of carbonyl (C=O) groups excluding carboxylic acids is 2. The van der Waals surface area contributed by atoms with Gasteiger partial charge in [-0.25, -0.2) is 0 Å². The summed E-state index contributed by atoms with van der Waals surface area (Å²) in [5, 5.41) is 0. The lowest BCUT2D eigenvalue weighted by atomic mass is 9.99. The Kier molecular flexibility index (Phi) is 6.88. The van der Waals surface area contributed by atoms with Gasteiger partial charge in [0, 0.05) is 17.8 Å². The Labute approximate surface area is 181 Å². The van der Waals surface area contributed by atoms with Crippen LogP contribution in [-0.2, 0) is 16.0 Å². The summed E-state index contributed by atoms with van der Waals surface area (Å²) in [6.45, 7) is 1.67. The zero-order valence-corrected chi connectivity index (χ0v) is 17.4. The summed E-state index contributed by atoms with van der Waals surface area (Å²) in [6, 6.07) is 25.4. The number of ketones is 1. The van der Waals surface area contributed by atoms with E-state index in [1.807, 2.05) is 48.5 Å². The number of carbonyl (C=O) groups is 2. The number of hydrogen-bond acceptors (Lipinski definition) is 4. The number of nitrogens with zero attached hydrogens (tertiary/aromatic N) is 1. The molecule has 0 aliphatic carbocycles. The molecule has 0 aliphatic heterocycles. The van der Waals surface area contributed by atoms with Gasteiger partial charge in [-0.3, -0.25) is 14.5 Å².